The lowest BCUT2D eigenvalue weighted by atomic mass is 10.2. The molecule has 0 N–H and O–H groups in total. The molecule has 0 saturated heterocycles. The summed E-state index contributed by atoms with van der Waals surface area (Å²) in [5.41, 5.74) is 1.00. The smallest absolute Gasteiger partial charge is 0.264 e. The molecule has 6 nitrogen and oxygen atoms in total. The van der Waals surface area contributed by atoms with Crippen LogP contribution in [0, 0.1) is 5.82 Å². The van der Waals surface area contributed by atoms with Gasteiger partial charge in [0, 0.05) is 13.1 Å². The molecule has 0 saturated carbocycles. The summed E-state index contributed by atoms with van der Waals surface area (Å²) in [6.45, 7) is 7.72. The summed E-state index contributed by atoms with van der Waals surface area (Å²) in [5, 5.41) is 0. The highest BCUT2D eigenvalue weighted by Gasteiger charge is 2.30. The van der Waals surface area contributed by atoms with E-state index in [0.29, 0.717) is 18.8 Å². The van der Waals surface area contributed by atoms with Gasteiger partial charge in [0.25, 0.3) is 10.0 Å². The van der Waals surface area contributed by atoms with Gasteiger partial charge in [0.2, 0.25) is 5.91 Å². The van der Waals surface area contributed by atoms with E-state index in [1.54, 1.807) is 31.2 Å². The van der Waals surface area contributed by atoms with Crippen LogP contribution in [-0.2, 0) is 14.8 Å². The third-order valence-electron chi connectivity index (χ3n) is 4.23. The Morgan fingerprint density at radius 3 is 2.28 bits per heavy atom. The Morgan fingerprint density at radius 2 is 1.72 bits per heavy atom. The van der Waals surface area contributed by atoms with Gasteiger partial charge in [-0.3, -0.25) is 9.10 Å². The van der Waals surface area contributed by atoms with E-state index >= 15 is 0 Å². The van der Waals surface area contributed by atoms with Crippen molar-refractivity contribution in [2.75, 3.05) is 31.0 Å². The number of likely N-dealkylation sites (N-methyl/N-ethyl adjacent to an activating group) is 1. The topological polar surface area (TPSA) is 66.9 Å². The van der Waals surface area contributed by atoms with Crippen molar-refractivity contribution in [3.8, 4) is 5.75 Å². The zero-order valence-corrected chi connectivity index (χ0v) is 17.6. The number of anilines is 1. The van der Waals surface area contributed by atoms with E-state index in [2.05, 4.69) is 6.58 Å². The minimum Gasteiger partial charge on any atom is -0.495 e. The van der Waals surface area contributed by atoms with Crippen molar-refractivity contribution in [3.05, 3.63) is 66.5 Å². The quantitative estimate of drug-likeness (QED) is 0.583. The fraction of sp³-hybridized carbons (Fsp3) is 0.286. The van der Waals surface area contributed by atoms with E-state index in [9.17, 15) is 17.6 Å². The van der Waals surface area contributed by atoms with E-state index in [-0.39, 0.29) is 16.5 Å². The Bertz CT molecular complexity index is 974. The van der Waals surface area contributed by atoms with Crippen LogP contribution >= 0.6 is 0 Å². The minimum atomic E-state index is -4.15. The standard InChI is InChI=1S/C21H25FN2O4S/c1-5-23(14-16(2)3)21(25)15-24(19-8-6-7-9-20(19)28-4)29(26,27)18-12-10-17(22)11-13-18/h6-13H,2,5,14-15H2,1,3-4H3. The van der Waals surface area contributed by atoms with Crippen molar-refractivity contribution >= 4 is 21.6 Å². The fourth-order valence-corrected chi connectivity index (χ4v) is 4.22. The molecule has 0 bridgehead atoms. The largest absolute Gasteiger partial charge is 0.495 e. The molecular formula is C21H25FN2O4S. The van der Waals surface area contributed by atoms with Gasteiger partial charge in [0.15, 0.2) is 0 Å². The van der Waals surface area contributed by atoms with Gasteiger partial charge in [-0.1, -0.05) is 24.3 Å². The number of carbonyl (C=O) groups is 1. The highest BCUT2D eigenvalue weighted by Crippen LogP contribution is 2.32. The van der Waals surface area contributed by atoms with Crippen LogP contribution in [-0.4, -0.2) is 46.0 Å². The second-order valence-electron chi connectivity index (χ2n) is 6.50. The second kappa shape index (κ2) is 9.56. The lowest BCUT2D eigenvalue weighted by Crippen LogP contribution is -2.43. The second-order valence-corrected chi connectivity index (χ2v) is 8.36. The Balaban J connectivity index is 2.53. The van der Waals surface area contributed by atoms with E-state index in [1.165, 1.54) is 24.1 Å². The van der Waals surface area contributed by atoms with Gasteiger partial charge in [0.05, 0.1) is 17.7 Å². The monoisotopic (exact) mass is 420 g/mol. The van der Waals surface area contributed by atoms with E-state index < -0.39 is 22.4 Å². The zero-order valence-electron chi connectivity index (χ0n) is 16.8. The van der Waals surface area contributed by atoms with Gasteiger partial charge < -0.3 is 9.64 Å². The first kappa shape index (κ1) is 22.4. The summed E-state index contributed by atoms with van der Waals surface area (Å²) in [6, 6.07) is 11.0. The minimum absolute atomic E-state index is 0.124. The predicted octanol–water partition coefficient (Wildman–Crippen LogP) is 3.45. The Morgan fingerprint density at radius 1 is 1.10 bits per heavy atom. The SMILES string of the molecule is C=C(C)CN(CC)C(=O)CN(c1ccccc1OC)S(=O)(=O)c1ccc(F)cc1. The lowest BCUT2D eigenvalue weighted by molar-refractivity contribution is -0.128. The number of hydrogen-bond acceptors (Lipinski definition) is 4. The number of ether oxygens (including phenoxy) is 1. The summed E-state index contributed by atoms with van der Waals surface area (Å²) >= 11 is 0. The van der Waals surface area contributed by atoms with Gasteiger partial charge in [-0.15, -0.1) is 0 Å². The average molecular weight is 421 g/mol. The van der Waals surface area contributed by atoms with Crippen molar-refractivity contribution in [2.45, 2.75) is 18.7 Å². The molecule has 2 aromatic rings. The highest BCUT2D eigenvalue weighted by atomic mass is 32.2. The summed E-state index contributed by atoms with van der Waals surface area (Å²) in [6.07, 6.45) is 0. The van der Waals surface area contributed by atoms with Gasteiger partial charge in [0.1, 0.15) is 18.1 Å². The summed E-state index contributed by atoms with van der Waals surface area (Å²) < 4.78 is 46.3. The average Bonchev–Trinajstić information content (AvgIpc) is 2.70. The number of hydrogen-bond donors (Lipinski definition) is 0. The first-order chi connectivity index (χ1) is 13.7. The number of sulfonamides is 1. The molecule has 0 fully saturated rings. The van der Waals surface area contributed by atoms with Crippen LogP contribution in [0.4, 0.5) is 10.1 Å². The molecule has 0 aliphatic heterocycles. The maximum atomic E-state index is 13.3. The molecule has 0 spiro atoms. The molecule has 8 heteroatoms. The van der Waals surface area contributed by atoms with Crippen LogP contribution in [0.5, 0.6) is 5.75 Å². The number of methoxy groups -OCH3 is 1. The van der Waals surface area contributed by atoms with Crippen molar-refractivity contribution in [3.63, 3.8) is 0 Å². The number of carbonyl (C=O) groups excluding carboxylic acids is 1. The first-order valence-electron chi connectivity index (χ1n) is 9.04. The first-order valence-corrected chi connectivity index (χ1v) is 10.5. The summed E-state index contributed by atoms with van der Waals surface area (Å²) in [7, 11) is -2.73. The maximum absolute atomic E-state index is 13.3. The van der Waals surface area contributed by atoms with Crippen LogP contribution in [0.1, 0.15) is 13.8 Å². The maximum Gasteiger partial charge on any atom is 0.264 e. The van der Waals surface area contributed by atoms with E-state index in [0.717, 1.165) is 22.0 Å². The van der Waals surface area contributed by atoms with Crippen LogP contribution in [0.25, 0.3) is 0 Å². The zero-order chi connectivity index (χ0) is 21.6. The third-order valence-corrected chi connectivity index (χ3v) is 6.00. The van der Waals surface area contributed by atoms with Crippen LogP contribution < -0.4 is 9.04 Å². The molecule has 0 aliphatic carbocycles. The number of rotatable bonds is 9. The van der Waals surface area contributed by atoms with E-state index in [4.69, 9.17) is 4.74 Å². The Labute approximate surface area is 171 Å². The summed E-state index contributed by atoms with van der Waals surface area (Å²) in [5.74, 6) is -0.636. The van der Waals surface area contributed by atoms with Gasteiger partial charge in [-0.25, -0.2) is 12.8 Å². The van der Waals surface area contributed by atoms with Crippen molar-refractivity contribution in [1.82, 2.24) is 4.90 Å². The number of amides is 1. The van der Waals surface area contributed by atoms with Crippen molar-refractivity contribution in [1.29, 1.82) is 0 Å². The molecule has 0 unspecified atom stereocenters. The number of halogens is 1. The molecule has 156 valence electrons. The Hall–Kier alpha value is -2.87. The fourth-order valence-electron chi connectivity index (χ4n) is 2.79. The normalized spacial score (nSPS) is 11.0. The van der Waals surface area contributed by atoms with Gasteiger partial charge in [-0.05, 0) is 50.2 Å². The number of para-hydroxylation sites is 2. The molecule has 1 amide bonds. The van der Waals surface area contributed by atoms with Gasteiger partial charge in [-0.2, -0.15) is 0 Å². The third kappa shape index (κ3) is 5.35. The van der Waals surface area contributed by atoms with Crippen molar-refractivity contribution < 1.29 is 22.3 Å². The molecule has 29 heavy (non-hydrogen) atoms. The molecule has 0 aliphatic rings. The molecule has 0 aromatic heterocycles. The molecular weight excluding hydrogens is 395 g/mol. The molecule has 0 heterocycles. The summed E-state index contributed by atoms with van der Waals surface area (Å²) in [4.78, 5) is 14.3. The number of nitrogens with zero attached hydrogens (tertiary/aromatic N) is 2. The van der Waals surface area contributed by atoms with E-state index in [1.807, 2.05) is 6.92 Å². The van der Waals surface area contributed by atoms with Crippen LogP contribution in [0.2, 0.25) is 0 Å². The lowest BCUT2D eigenvalue weighted by Gasteiger charge is -2.29. The number of benzene rings is 2. The molecule has 2 aromatic carbocycles. The molecule has 0 radical (unpaired) electrons. The predicted molar refractivity (Wildman–Crippen MR) is 111 cm³/mol. The van der Waals surface area contributed by atoms with Crippen LogP contribution in [0.15, 0.2) is 65.6 Å². The van der Waals surface area contributed by atoms with Crippen LogP contribution in [0.3, 0.4) is 0 Å². The van der Waals surface area contributed by atoms with Crippen molar-refractivity contribution in [2.24, 2.45) is 0 Å². The van der Waals surface area contributed by atoms with Gasteiger partial charge >= 0.3 is 0 Å². The molecule has 2 rings (SSSR count). The highest BCUT2D eigenvalue weighted by molar-refractivity contribution is 7.92. The Kier molecular flexibility index (Phi) is 7.39. The molecule has 0 atom stereocenters.